The molecule has 0 radical (unpaired) electrons. The van der Waals surface area contributed by atoms with Crippen molar-refractivity contribution in [3.63, 3.8) is 0 Å². The van der Waals surface area contributed by atoms with Crippen molar-refractivity contribution in [3.8, 4) is 0 Å². The van der Waals surface area contributed by atoms with Gasteiger partial charge in [-0.3, -0.25) is 20.4 Å². The van der Waals surface area contributed by atoms with Crippen molar-refractivity contribution in [2.45, 2.75) is 11.3 Å². The number of hydrazine groups is 1. The summed E-state index contributed by atoms with van der Waals surface area (Å²) in [6.45, 7) is 0. The highest BCUT2D eigenvalue weighted by molar-refractivity contribution is 7.99. The van der Waals surface area contributed by atoms with Crippen LogP contribution in [0, 0.1) is 0 Å². The van der Waals surface area contributed by atoms with E-state index in [1.165, 1.54) is 24.3 Å². The Morgan fingerprint density at radius 3 is 2.40 bits per heavy atom. The maximum Gasteiger partial charge on any atom is 0.453 e. The number of alkyl halides is 3. The number of hydrogen-bond acceptors (Lipinski definition) is 6. The summed E-state index contributed by atoms with van der Waals surface area (Å²) in [5.41, 5.74) is 4.52. The third-order valence-corrected chi connectivity index (χ3v) is 3.87. The first-order chi connectivity index (χ1) is 11.7. The number of carbonyl (C=O) groups is 2. The highest BCUT2D eigenvalue weighted by Crippen LogP contribution is 2.28. The molecular formula is C12H10ClF3N6O2S. The quantitative estimate of drug-likeness (QED) is 0.408. The van der Waals surface area contributed by atoms with Crippen molar-refractivity contribution in [3.05, 3.63) is 40.7 Å². The van der Waals surface area contributed by atoms with E-state index in [-0.39, 0.29) is 21.1 Å². The van der Waals surface area contributed by atoms with Gasteiger partial charge in [-0.25, -0.2) is 4.68 Å². The van der Waals surface area contributed by atoms with Gasteiger partial charge in [-0.1, -0.05) is 23.4 Å². The lowest BCUT2D eigenvalue weighted by Crippen LogP contribution is -2.42. The van der Waals surface area contributed by atoms with Crippen LogP contribution in [-0.2, 0) is 11.0 Å². The zero-order chi connectivity index (χ0) is 18.6. The zero-order valence-corrected chi connectivity index (χ0v) is 13.7. The molecule has 0 bridgehead atoms. The minimum atomic E-state index is -4.75. The summed E-state index contributed by atoms with van der Waals surface area (Å²) in [4.78, 5) is 23.4. The maximum absolute atomic E-state index is 12.5. The first-order valence-electron chi connectivity index (χ1n) is 6.43. The minimum Gasteiger partial charge on any atom is -0.335 e. The molecule has 0 atom stereocenters. The van der Waals surface area contributed by atoms with Crippen molar-refractivity contribution in [2.75, 3.05) is 11.6 Å². The Labute approximate surface area is 147 Å². The molecule has 0 spiro atoms. The Bertz CT molecular complexity index is 780. The van der Waals surface area contributed by atoms with E-state index in [2.05, 4.69) is 21.0 Å². The van der Waals surface area contributed by atoms with E-state index in [1.807, 2.05) is 0 Å². The number of thioether (sulfide) groups is 1. The highest BCUT2D eigenvalue weighted by Gasteiger charge is 2.38. The summed E-state index contributed by atoms with van der Waals surface area (Å²) in [5, 5.41) is 6.32. The summed E-state index contributed by atoms with van der Waals surface area (Å²) in [7, 11) is 0. The van der Waals surface area contributed by atoms with Crippen molar-refractivity contribution in [1.82, 2.24) is 25.7 Å². The summed E-state index contributed by atoms with van der Waals surface area (Å²) < 4.78 is 37.8. The van der Waals surface area contributed by atoms with Crippen LogP contribution in [0.25, 0.3) is 0 Å². The van der Waals surface area contributed by atoms with Crippen LogP contribution in [0.3, 0.4) is 0 Å². The number of nitrogens with one attached hydrogen (secondary N) is 2. The van der Waals surface area contributed by atoms with Crippen LogP contribution in [0.1, 0.15) is 16.2 Å². The third kappa shape index (κ3) is 5.00. The molecule has 2 amide bonds. The summed E-state index contributed by atoms with van der Waals surface area (Å²) in [6.07, 6.45) is -4.75. The number of benzene rings is 1. The summed E-state index contributed by atoms with van der Waals surface area (Å²) >= 11 is 6.31. The molecule has 2 rings (SSSR count). The van der Waals surface area contributed by atoms with Crippen LogP contribution >= 0.6 is 23.4 Å². The Hall–Kier alpha value is -2.47. The number of carbonyl (C=O) groups excluding carboxylic acids is 2. The third-order valence-electron chi connectivity index (χ3n) is 2.67. The zero-order valence-electron chi connectivity index (χ0n) is 12.2. The lowest BCUT2D eigenvalue weighted by atomic mass is 10.2. The predicted octanol–water partition coefficient (Wildman–Crippen LogP) is 1.22. The first-order valence-corrected chi connectivity index (χ1v) is 7.80. The fourth-order valence-electron chi connectivity index (χ4n) is 1.53. The van der Waals surface area contributed by atoms with Crippen LogP contribution in [0.5, 0.6) is 0 Å². The average molecular weight is 395 g/mol. The molecule has 0 saturated heterocycles. The van der Waals surface area contributed by atoms with Gasteiger partial charge in [0.1, 0.15) is 0 Å². The van der Waals surface area contributed by atoms with Crippen LogP contribution in [-0.4, -0.2) is 32.4 Å². The van der Waals surface area contributed by atoms with Gasteiger partial charge in [-0.05, 0) is 24.3 Å². The Balaban J connectivity index is 1.84. The summed E-state index contributed by atoms with van der Waals surface area (Å²) in [6, 6.07) is 5.91. The molecule has 1 aromatic carbocycles. The molecule has 0 fully saturated rings. The Morgan fingerprint density at radius 1 is 1.20 bits per heavy atom. The fourth-order valence-corrected chi connectivity index (χ4v) is 2.32. The topological polar surface area (TPSA) is 115 Å². The molecule has 8 nitrogen and oxygen atoms in total. The number of aromatic nitrogens is 3. The maximum atomic E-state index is 12.5. The van der Waals surface area contributed by atoms with Gasteiger partial charge in [0.2, 0.25) is 11.1 Å². The van der Waals surface area contributed by atoms with E-state index in [4.69, 9.17) is 17.4 Å². The smallest absolute Gasteiger partial charge is 0.335 e. The van der Waals surface area contributed by atoms with Gasteiger partial charge in [0.15, 0.2) is 0 Å². The first kappa shape index (κ1) is 18.9. The molecule has 0 aliphatic rings. The second kappa shape index (κ2) is 7.61. The van der Waals surface area contributed by atoms with E-state index < -0.39 is 23.8 Å². The normalized spacial score (nSPS) is 11.2. The lowest BCUT2D eigenvalue weighted by molar-refractivity contribution is -0.146. The van der Waals surface area contributed by atoms with Gasteiger partial charge >= 0.3 is 6.18 Å². The largest absolute Gasteiger partial charge is 0.453 e. The molecule has 0 aliphatic carbocycles. The molecule has 25 heavy (non-hydrogen) atoms. The highest BCUT2D eigenvalue weighted by atomic mass is 35.5. The summed E-state index contributed by atoms with van der Waals surface area (Å²) in [5.74, 6) is 2.24. The standard InChI is InChI=1S/C12H10ClF3N6O2S/c13-7-3-1-6(2-4-7)9(24)19-18-8(23)5-25-11-21-20-10(22(11)17)12(14,15)16/h1-4H,5,17H2,(H,18,23)(H,19,24). The van der Waals surface area contributed by atoms with E-state index in [9.17, 15) is 22.8 Å². The van der Waals surface area contributed by atoms with Gasteiger partial charge < -0.3 is 5.84 Å². The molecule has 1 aromatic heterocycles. The van der Waals surface area contributed by atoms with Crippen LogP contribution in [0.15, 0.2) is 29.4 Å². The van der Waals surface area contributed by atoms with Gasteiger partial charge in [0.05, 0.1) is 5.75 Å². The van der Waals surface area contributed by atoms with E-state index in [0.29, 0.717) is 16.8 Å². The van der Waals surface area contributed by atoms with Crippen LogP contribution < -0.4 is 16.7 Å². The molecule has 4 N–H and O–H groups in total. The number of nitrogens with zero attached hydrogens (tertiary/aromatic N) is 3. The second-order valence-corrected chi connectivity index (χ2v) is 5.85. The average Bonchev–Trinajstić information content (AvgIpc) is 2.92. The Morgan fingerprint density at radius 2 is 1.84 bits per heavy atom. The minimum absolute atomic E-state index is 0.240. The lowest BCUT2D eigenvalue weighted by Gasteiger charge is -2.08. The Kier molecular flexibility index (Phi) is 5.74. The van der Waals surface area contributed by atoms with Crippen molar-refractivity contribution < 1.29 is 22.8 Å². The van der Waals surface area contributed by atoms with E-state index in [0.717, 1.165) is 0 Å². The van der Waals surface area contributed by atoms with Gasteiger partial charge in [-0.2, -0.15) is 13.2 Å². The molecule has 134 valence electrons. The molecule has 0 unspecified atom stereocenters. The number of halogens is 4. The number of amides is 2. The van der Waals surface area contributed by atoms with Crippen molar-refractivity contribution in [1.29, 1.82) is 0 Å². The van der Waals surface area contributed by atoms with Gasteiger partial charge in [0, 0.05) is 10.6 Å². The van der Waals surface area contributed by atoms with Crippen molar-refractivity contribution in [2.24, 2.45) is 0 Å². The molecule has 1 heterocycles. The number of rotatable bonds is 4. The van der Waals surface area contributed by atoms with Gasteiger partial charge in [-0.15, -0.1) is 10.2 Å². The molecular weight excluding hydrogens is 385 g/mol. The number of hydrogen-bond donors (Lipinski definition) is 3. The molecule has 0 aliphatic heterocycles. The predicted molar refractivity (Wildman–Crippen MR) is 83.0 cm³/mol. The number of nitrogens with two attached hydrogens (primary N) is 1. The van der Waals surface area contributed by atoms with Gasteiger partial charge in [0.25, 0.3) is 11.7 Å². The molecule has 13 heteroatoms. The van der Waals surface area contributed by atoms with Crippen LogP contribution in [0.4, 0.5) is 13.2 Å². The van der Waals surface area contributed by atoms with Crippen molar-refractivity contribution >= 4 is 35.2 Å². The fraction of sp³-hybridized carbons (Fsp3) is 0.167. The van der Waals surface area contributed by atoms with Crippen LogP contribution in [0.2, 0.25) is 5.02 Å². The van der Waals surface area contributed by atoms with E-state index in [1.54, 1.807) is 0 Å². The van der Waals surface area contributed by atoms with E-state index >= 15 is 0 Å². The number of nitrogen functional groups attached to an aromatic ring is 1. The SMILES string of the molecule is Nn1c(SCC(=O)NNC(=O)c2ccc(Cl)cc2)nnc1C(F)(F)F. The second-order valence-electron chi connectivity index (χ2n) is 4.47. The monoisotopic (exact) mass is 394 g/mol. The molecule has 0 saturated carbocycles. The molecule has 2 aromatic rings.